The summed E-state index contributed by atoms with van der Waals surface area (Å²) < 4.78 is 5.51. The number of rotatable bonds is 4. The molecular formula is C13H17NO2. The van der Waals surface area contributed by atoms with Crippen LogP contribution in [0.2, 0.25) is 0 Å². The van der Waals surface area contributed by atoms with E-state index >= 15 is 0 Å². The van der Waals surface area contributed by atoms with Crippen molar-refractivity contribution < 1.29 is 9.53 Å². The van der Waals surface area contributed by atoms with Crippen LogP contribution in [0.1, 0.15) is 24.5 Å². The molecule has 1 aromatic rings. The van der Waals surface area contributed by atoms with Gasteiger partial charge in [0, 0.05) is 25.5 Å². The third kappa shape index (κ3) is 2.54. The van der Waals surface area contributed by atoms with Crippen molar-refractivity contribution in [2.75, 3.05) is 13.2 Å². The largest absolute Gasteiger partial charge is 0.493 e. The van der Waals surface area contributed by atoms with Gasteiger partial charge in [-0.3, -0.25) is 4.79 Å². The van der Waals surface area contributed by atoms with E-state index in [-0.39, 0.29) is 5.91 Å². The Morgan fingerprint density at radius 3 is 3.19 bits per heavy atom. The molecule has 0 atom stereocenters. The van der Waals surface area contributed by atoms with Crippen LogP contribution in [-0.2, 0) is 17.6 Å². The number of nitrogens with one attached hydrogen (secondary N) is 1. The lowest BCUT2D eigenvalue weighted by Crippen LogP contribution is -2.21. The monoisotopic (exact) mass is 219 g/mol. The number of carbonyl (C=O) groups excluding carboxylic acids is 1. The van der Waals surface area contributed by atoms with Gasteiger partial charge < -0.3 is 10.1 Å². The molecule has 1 aliphatic heterocycles. The van der Waals surface area contributed by atoms with Crippen LogP contribution < -0.4 is 10.1 Å². The van der Waals surface area contributed by atoms with E-state index in [2.05, 4.69) is 11.4 Å². The first kappa shape index (κ1) is 11.0. The molecule has 3 heteroatoms. The molecule has 3 nitrogen and oxygen atoms in total. The van der Waals surface area contributed by atoms with Gasteiger partial charge in [0.25, 0.3) is 0 Å². The topological polar surface area (TPSA) is 38.3 Å². The van der Waals surface area contributed by atoms with Crippen LogP contribution in [0.4, 0.5) is 0 Å². The minimum absolute atomic E-state index is 0.0432. The van der Waals surface area contributed by atoms with Crippen molar-refractivity contribution in [1.82, 2.24) is 5.32 Å². The van der Waals surface area contributed by atoms with Gasteiger partial charge in [-0.05, 0) is 24.5 Å². The Morgan fingerprint density at radius 1 is 1.50 bits per heavy atom. The Bertz CT molecular complexity index is 388. The van der Waals surface area contributed by atoms with Crippen molar-refractivity contribution in [2.24, 2.45) is 0 Å². The van der Waals surface area contributed by atoms with Gasteiger partial charge >= 0.3 is 0 Å². The zero-order chi connectivity index (χ0) is 11.4. The summed E-state index contributed by atoms with van der Waals surface area (Å²) in [5, 5.41) is 2.81. The summed E-state index contributed by atoms with van der Waals surface area (Å²) in [6, 6.07) is 6.22. The number of benzene rings is 1. The first-order valence-corrected chi connectivity index (χ1v) is 5.75. The Hall–Kier alpha value is -1.51. The van der Waals surface area contributed by atoms with Crippen molar-refractivity contribution in [3.8, 4) is 5.75 Å². The molecule has 0 aromatic heterocycles. The molecule has 0 aliphatic carbocycles. The molecule has 0 spiro atoms. The molecule has 86 valence electrons. The lowest BCUT2D eigenvalue weighted by molar-refractivity contribution is -0.118. The van der Waals surface area contributed by atoms with Crippen molar-refractivity contribution in [1.29, 1.82) is 0 Å². The van der Waals surface area contributed by atoms with E-state index in [0.717, 1.165) is 38.2 Å². The molecule has 2 rings (SSSR count). The van der Waals surface area contributed by atoms with Gasteiger partial charge in [0.1, 0.15) is 5.75 Å². The zero-order valence-corrected chi connectivity index (χ0v) is 9.58. The third-order valence-electron chi connectivity index (χ3n) is 2.84. The predicted molar refractivity (Wildman–Crippen MR) is 62.6 cm³/mol. The molecule has 0 unspecified atom stereocenters. The van der Waals surface area contributed by atoms with Gasteiger partial charge in [-0.15, -0.1) is 0 Å². The molecule has 16 heavy (non-hydrogen) atoms. The summed E-state index contributed by atoms with van der Waals surface area (Å²) in [6.45, 7) is 3.10. The number of fused-ring (bicyclic) bond motifs is 1. The Kier molecular flexibility index (Phi) is 3.44. The minimum atomic E-state index is 0.0432. The van der Waals surface area contributed by atoms with Crippen LogP contribution in [0.5, 0.6) is 5.75 Å². The van der Waals surface area contributed by atoms with E-state index in [1.54, 1.807) is 6.92 Å². The SMILES string of the molecule is CC(=O)NCCCc1cccc2c1CCO2. The Balaban J connectivity index is 1.90. The fourth-order valence-electron chi connectivity index (χ4n) is 2.07. The second kappa shape index (κ2) is 5.01. The predicted octanol–water partition coefficient (Wildman–Crippen LogP) is 1.69. The van der Waals surface area contributed by atoms with Gasteiger partial charge in [-0.2, -0.15) is 0 Å². The van der Waals surface area contributed by atoms with Crippen LogP contribution in [-0.4, -0.2) is 19.1 Å². The third-order valence-corrected chi connectivity index (χ3v) is 2.84. The average Bonchev–Trinajstić information content (AvgIpc) is 2.72. The van der Waals surface area contributed by atoms with Gasteiger partial charge in [-0.25, -0.2) is 0 Å². The zero-order valence-electron chi connectivity index (χ0n) is 9.58. The number of aryl methyl sites for hydroxylation is 1. The smallest absolute Gasteiger partial charge is 0.216 e. The maximum absolute atomic E-state index is 10.7. The Labute approximate surface area is 95.8 Å². The van der Waals surface area contributed by atoms with Crippen molar-refractivity contribution in [3.05, 3.63) is 29.3 Å². The normalized spacial score (nSPS) is 13.1. The van der Waals surface area contributed by atoms with E-state index in [1.165, 1.54) is 11.1 Å². The molecule has 0 fully saturated rings. The molecule has 1 N–H and O–H groups in total. The highest BCUT2D eigenvalue weighted by Crippen LogP contribution is 2.28. The van der Waals surface area contributed by atoms with Gasteiger partial charge in [0.15, 0.2) is 0 Å². The van der Waals surface area contributed by atoms with Crippen molar-refractivity contribution in [3.63, 3.8) is 0 Å². The van der Waals surface area contributed by atoms with Crippen LogP contribution in [0, 0.1) is 0 Å². The molecule has 0 radical (unpaired) electrons. The number of ether oxygens (including phenoxy) is 1. The summed E-state index contributed by atoms with van der Waals surface area (Å²) in [6.07, 6.45) is 3.01. The Morgan fingerprint density at radius 2 is 2.38 bits per heavy atom. The van der Waals surface area contributed by atoms with Crippen LogP contribution >= 0.6 is 0 Å². The molecule has 0 saturated heterocycles. The van der Waals surface area contributed by atoms with E-state index in [9.17, 15) is 4.79 Å². The van der Waals surface area contributed by atoms with E-state index in [0.29, 0.717) is 0 Å². The number of carbonyl (C=O) groups is 1. The highest BCUT2D eigenvalue weighted by atomic mass is 16.5. The lowest BCUT2D eigenvalue weighted by Gasteiger charge is -2.07. The van der Waals surface area contributed by atoms with Crippen LogP contribution in [0.25, 0.3) is 0 Å². The minimum Gasteiger partial charge on any atom is -0.493 e. The molecule has 1 aromatic carbocycles. The molecule has 1 amide bonds. The fraction of sp³-hybridized carbons (Fsp3) is 0.462. The second-order valence-electron chi connectivity index (χ2n) is 4.08. The second-order valence-corrected chi connectivity index (χ2v) is 4.08. The van der Waals surface area contributed by atoms with E-state index in [4.69, 9.17) is 4.74 Å². The highest BCUT2D eigenvalue weighted by molar-refractivity contribution is 5.72. The van der Waals surface area contributed by atoms with Gasteiger partial charge in [0.05, 0.1) is 6.61 Å². The van der Waals surface area contributed by atoms with Crippen LogP contribution in [0.15, 0.2) is 18.2 Å². The molecular weight excluding hydrogens is 202 g/mol. The number of amides is 1. The van der Waals surface area contributed by atoms with Gasteiger partial charge in [-0.1, -0.05) is 12.1 Å². The van der Waals surface area contributed by atoms with Crippen LogP contribution in [0.3, 0.4) is 0 Å². The van der Waals surface area contributed by atoms with E-state index in [1.807, 2.05) is 12.1 Å². The fourth-order valence-corrected chi connectivity index (χ4v) is 2.07. The standard InChI is InChI=1S/C13H17NO2/c1-10(15)14-8-3-5-11-4-2-6-13-12(11)7-9-16-13/h2,4,6H,3,5,7-9H2,1H3,(H,14,15). The van der Waals surface area contributed by atoms with E-state index < -0.39 is 0 Å². The van der Waals surface area contributed by atoms with Gasteiger partial charge in [0.2, 0.25) is 5.91 Å². The summed E-state index contributed by atoms with van der Waals surface area (Å²) in [5.74, 6) is 1.08. The summed E-state index contributed by atoms with van der Waals surface area (Å²) in [7, 11) is 0. The summed E-state index contributed by atoms with van der Waals surface area (Å²) in [5.41, 5.74) is 2.71. The lowest BCUT2D eigenvalue weighted by atomic mass is 10.0. The van der Waals surface area contributed by atoms with Crippen molar-refractivity contribution in [2.45, 2.75) is 26.2 Å². The maximum atomic E-state index is 10.7. The first-order valence-electron chi connectivity index (χ1n) is 5.75. The summed E-state index contributed by atoms with van der Waals surface area (Å²) in [4.78, 5) is 10.7. The molecule has 0 saturated carbocycles. The molecule has 0 bridgehead atoms. The molecule has 1 heterocycles. The highest BCUT2D eigenvalue weighted by Gasteiger charge is 2.14. The van der Waals surface area contributed by atoms with Crippen molar-refractivity contribution >= 4 is 5.91 Å². The molecule has 1 aliphatic rings. The maximum Gasteiger partial charge on any atom is 0.216 e. The first-order chi connectivity index (χ1) is 7.77. The summed E-state index contributed by atoms with van der Waals surface area (Å²) >= 11 is 0. The number of hydrogen-bond donors (Lipinski definition) is 1. The number of hydrogen-bond acceptors (Lipinski definition) is 2. The average molecular weight is 219 g/mol. The quantitative estimate of drug-likeness (QED) is 0.783.